The Labute approximate surface area is 245 Å². The third-order valence-electron chi connectivity index (χ3n) is 8.85. The summed E-state index contributed by atoms with van der Waals surface area (Å²) in [7, 11) is -4.57. The molecule has 0 aromatic carbocycles. The van der Waals surface area contributed by atoms with Gasteiger partial charge in [0.15, 0.2) is 22.9 Å². The molecule has 10 heteroatoms. The smallest absolute Gasteiger partial charge is 0.351 e. The highest BCUT2D eigenvalue weighted by molar-refractivity contribution is 6.77. The van der Waals surface area contributed by atoms with Crippen molar-refractivity contribution in [2.75, 3.05) is 12.3 Å². The minimum absolute atomic E-state index is 0.141. The minimum Gasteiger partial charge on any atom is -0.414 e. The van der Waals surface area contributed by atoms with Gasteiger partial charge >= 0.3 is 5.69 Å². The average molecular weight is 593 g/mol. The van der Waals surface area contributed by atoms with Gasteiger partial charge in [-0.05, 0) is 52.2 Å². The first-order valence-electron chi connectivity index (χ1n) is 15.2. The highest BCUT2D eigenvalue weighted by atomic mass is 28.4. The maximum atomic E-state index is 12.9. The number of nitrogens with two attached hydrogens (primary N) is 1. The Hall–Kier alpha value is -1.52. The van der Waals surface area contributed by atoms with E-state index in [1.807, 2.05) is 0 Å². The lowest BCUT2D eigenvalue weighted by molar-refractivity contribution is -0.0433. The lowest BCUT2D eigenvalue weighted by Gasteiger charge is -2.44. The summed E-state index contributed by atoms with van der Waals surface area (Å²) in [5.41, 5.74) is 6.77. The topological polar surface area (TPSA) is 112 Å². The summed E-state index contributed by atoms with van der Waals surface area (Å²) in [6.07, 6.45) is -0.246. The van der Waals surface area contributed by atoms with Gasteiger partial charge in [0.25, 0.3) is 0 Å². The van der Waals surface area contributed by atoms with Gasteiger partial charge in [-0.3, -0.25) is 4.57 Å². The van der Waals surface area contributed by atoms with Crippen molar-refractivity contribution in [2.24, 2.45) is 17.8 Å². The van der Waals surface area contributed by atoms with E-state index in [1.54, 1.807) is 12.3 Å². The van der Waals surface area contributed by atoms with Gasteiger partial charge < -0.3 is 19.3 Å². The zero-order chi connectivity index (χ0) is 30.6. The summed E-state index contributed by atoms with van der Waals surface area (Å²) >= 11 is 0. The summed E-state index contributed by atoms with van der Waals surface area (Å²) in [6, 6.07) is 6.08. The molecule has 0 bridgehead atoms. The molecule has 0 aliphatic carbocycles. The summed E-state index contributed by atoms with van der Waals surface area (Å²) in [6.45, 7) is 27.4. The van der Waals surface area contributed by atoms with Crippen LogP contribution < -0.4 is 11.4 Å². The van der Waals surface area contributed by atoms with Gasteiger partial charge in [0.05, 0.1) is 18.8 Å². The van der Waals surface area contributed by atoms with Crippen molar-refractivity contribution in [1.82, 2.24) is 9.55 Å². The van der Waals surface area contributed by atoms with E-state index in [0.29, 0.717) is 40.6 Å². The molecule has 1 saturated heterocycles. The summed E-state index contributed by atoms with van der Waals surface area (Å²) in [5, 5.41) is 10.5. The zero-order valence-corrected chi connectivity index (χ0v) is 29.1. The lowest BCUT2D eigenvalue weighted by Crippen LogP contribution is -2.53. The third-order valence-corrected chi connectivity index (χ3v) is 21.0. The maximum Gasteiger partial charge on any atom is 0.351 e. The molecule has 1 aromatic heterocycles. The maximum absolute atomic E-state index is 12.9. The van der Waals surface area contributed by atoms with Gasteiger partial charge in [-0.15, -0.1) is 0 Å². The van der Waals surface area contributed by atoms with Gasteiger partial charge in [0, 0.05) is 6.20 Å². The van der Waals surface area contributed by atoms with Crippen molar-refractivity contribution in [3.63, 3.8) is 0 Å². The van der Waals surface area contributed by atoms with Gasteiger partial charge in [0.2, 0.25) is 0 Å². The van der Waals surface area contributed by atoms with Crippen LogP contribution in [0.1, 0.15) is 89.3 Å². The Morgan fingerprint density at radius 2 is 1.45 bits per heavy atom. The Bertz CT molecular complexity index is 1030. The standard InChI is InChI=1S/C30H56N4O4Si2/c1-19(2)17-39(21(5)6,22(7)8)36-16-26-28(38-40(23(9)10,24(11)12)18-20(3)4)25(15-31)29(37-26)34-14-13-27(32)33-30(34)35/h13-14,19-26,28-29H,16-18H2,1-12H3,(H2,32,33,35)/t25-,26+,28-,29+/m0/s1. The molecular weight excluding hydrogens is 537 g/mol. The normalized spacial score (nSPS) is 22.4. The Balaban J connectivity index is 2.62. The number of anilines is 1. The summed E-state index contributed by atoms with van der Waals surface area (Å²) in [5.74, 6) is 0.427. The molecule has 1 aromatic rings. The number of nitrogen functional groups attached to an aromatic ring is 1. The zero-order valence-electron chi connectivity index (χ0n) is 27.1. The number of nitriles is 1. The van der Waals surface area contributed by atoms with E-state index in [2.05, 4.69) is 94.1 Å². The van der Waals surface area contributed by atoms with E-state index < -0.39 is 46.7 Å². The monoisotopic (exact) mass is 592 g/mol. The molecule has 228 valence electrons. The first-order valence-corrected chi connectivity index (χ1v) is 19.8. The molecule has 0 radical (unpaired) electrons. The number of nitrogens with zero attached hydrogens (tertiary/aromatic N) is 3. The van der Waals surface area contributed by atoms with Crippen LogP contribution in [0.4, 0.5) is 5.82 Å². The van der Waals surface area contributed by atoms with Crippen LogP contribution in [0, 0.1) is 29.1 Å². The molecule has 1 aliphatic rings. The quantitative estimate of drug-likeness (QED) is 0.229. The molecule has 1 aliphatic heterocycles. The fourth-order valence-electron chi connectivity index (χ4n) is 6.77. The highest BCUT2D eigenvalue weighted by Gasteiger charge is 2.54. The molecule has 0 saturated carbocycles. The number of ether oxygens (including phenoxy) is 1. The van der Waals surface area contributed by atoms with Crippen LogP contribution in [0.25, 0.3) is 0 Å². The van der Waals surface area contributed by atoms with Crippen LogP contribution in [0.3, 0.4) is 0 Å². The van der Waals surface area contributed by atoms with Crippen molar-refractivity contribution in [2.45, 2.75) is 136 Å². The molecule has 2 N–H and O–H groups in total. The van der Waals surface area contributed by atoms with E-state index in [9.17, 15) is 10.1 Å². The second-order valence-electron chi connectivity index (χ2n) is 13.9. The minimum atomic E-state index is -2.37. The van der Waals surface area contributed by atoms with Crippen LogP contribution in [0.15, 0.2) is 17.1 Å². The molecule has 4 atom stereocenters. The highest BCUT2D eigenvalue weighted by Crippen LogP contribution is 2.46. The molecule has 0 amide bonds. The number of rotatable bonds is 14. The molecule has 2 heterocycles. The van der Waals surface area contributed by atoms with Gasteiger partial charge in [0.1, 0.15) is 17.8 Å². The molecule has 2 rings (SSSR count). The molecule has 0 spiro atoms. The predicted molar refractivity (Wildman–Crippen MR) is 168 cm³/mol. The largest absolute Gasteiger partial charge is 0.414 e. The van der Waals surface area contributed by atoms with Crippen molar-refractivity contribution in [3.05, 3.63) is 22.7 Å². The second kappa shape index (κ2) is 14.1. The molecule has 8 nitrogen and oxygen atoms in total. The fraction of sp³-hybridized carbons (Fsp3) is 0.833. The lowest BCUT2D eigenvalue weighted by atomic mass is 10.0. The van der Waals surface area contributed by atoms with E-state index in [0.717, 1.165) is 12.1 Å². The Morgan fingerprint density at radius 3 is 1.88 bits per heavy atom. The van der Waals surface area contributed by atoms with Crippen LogP contribution in [-0.4, -0.2) is 45.0 Å². The first-order chi connectivity index (χ1) is 18.5. The Kier molecular flexibility index (Phi) is 12.2. The van der Waals surface area contributed by atoms with E-state index in [4.69, 9.17) is 19.3 Å². The van der Waals surface area contributed by atoms with Gasteiger partial charge in [-0.1, -0.05) is 83.1 Å². The predicted octanol–water partition coefficient (Wildman–Crippen LogP) is 7.11. The summed E-state index contributed by atoms with van der Waals surface area (Å²) in [4.78, 5) is 16.8. The number of hydrogen-bond donors (Lipinski definition) is 1. The van der Waals surface area contributed by atoms with E-state index in [1.165, 1.54) is 4.57 Å². The van der Waals surface area contributed by atoms with Crippen molar-refractivity contribution >= 4 is 22.5 Å². The average Bonchev–Trinajstić information content (AvgIpc) is 3.16. The molecule has 40 heavy (non-hydrogen) atoms. The van der Waals surface area contributed by atoms with E-state index >= 15 is 0 Å². The molecule has 1 fully saturated rings. The van der Waals surface area contributed by atoms with Crippen LogP contribution in [0.5, 0.6) is 0 Å². The second-order valence-corrected chi connectivity index (χ2v) is 23.7. The SMILES string of the molecule is CC(C)C[Si](OC[C@H]1O[C@@H](n2ccc(N)nc2=O)[C@@H](C#N)[C@@H]1O[Si](CC(C)C)(C(C)C)C(C)C)(C(C)C)C(C)C. The van der Waals surface area contributed by atoms with Crippen LogP contribution >= 0.6 is 0 Å². The van der Waals surface area contributed by atoms with E-state index in [-0.39, 0.29) is 5.82 Å². The third kappa shape index (κ3) is 7.46. The van der Waals surface area contributed by atoms with Gasteiger partial charge in [-0.2, -0.15) is 10.2 Å². The van der Waals surface area contributed by atoms with Crippen LogP contribution in [0.2, 0.25) is 34.3 Å². The molecular formula is C30H56N4O4Si2. The Morgan fingerprint density at radius 1 is 0.950 bits per heavy atom. The van der Waals surface area contributed by atoms with Crippen molar-refractivity contribution < 1.29 is 13.6 Å². The fourth-order valence-corrected chi connectivity index (χ4v) is 16.6. The van der Waals surface area contributed by atoms with Gasteiger partial charge in [-0.25, -0.2) is 4.79 Å². The first kappa shape index (κ1) is 34.7. The molecule has 0 unspecified atom stereocenters. The van der Waals surface area contributed by atoms with Crippen molar-refractivity contribution in [1.29, 1.82) is 5.26 Å². The number of aromatic nitrogens is 2. The van der Waals surface area contributed by atoms with Crippen LogP contribution in [-0.2, 0) is 13.6 Å². The number of hydrogen-bond acceptors (Lipinski definition) is 7. The van der Waals surface area contributed by atoms with Crippen molar-refractivity contribution in [3.8, 4) is 6.07 Å². The summed E-state index contributed by atoms with van der Waals surface area (Å²) < 4.78 is 22.3.